The van der Waals surface area contributed by atoms with Crippen molar-refractivity contribution < 1.29 is 4.79 Å². The first-order valence-corrected chi connectivity index (χ1v) is 7.11. The lowest BCUT2D eigenvalue weighted by Gasteiger charge is -2.37. The summed E-state index contributed by atoms with van der Waals surface area (Å²) in [5.74, 6) is -0.0517. The number of amides is 1. The van der Waals surface area contributed by atoms with Gasteiger partial charge in [-0.2, -0.15) is 5.10 Å². The predicted molar refractivity (Wildman–Crippen MR) is 81.0 cm³/mol. The molecule has 0 fully saturated rings. The van der Waals surface area contributed by atoms with E-state index in [1.54, 1.807) is 29.0 Å². The Labute approximate surface area is 123 Å². The van der Waals surface area contributed by atoms with Crippen LogP contribution in [0.25, 0.3) is 5.65 Å². The molecule has 0 saturated carbocycles. The average Bonchev–Trinajstić information content (AvgIpc) is 2.91. The number of hydrogen-bond donors (Lipinski definition) is 0. The molecule has 0 aliphatic carbocycles. The van der Waals surface area contributed by atoms with Gasteiger partial charge < -0.3 is 4.90 Å². The second kappa shape index (κ2) is 5.52. The molecule has 1 aliphatic heterocycles. The van der Waals surface area contributed by atoms with Gasteiger partial charge in [-0.05, 0) is 25.8 Å². The van der Waals surface area contributed by atoms with Gasteiger partial charge in [0.15, 0.2) is 11.3 Å². The van der Waals surface area contributed by atoms with Crippen LogP contribution in [0, 0.1) is 0 Å². The monoisotopic (exact) mass is 282 g/mol. The minimum absolute atomic E-state index is 0.0517. The van der Waals surface area contributed by atoms with Crippen molar-refractivity contribution in [1.29, 1.82) is 0 Å². The molecule has 1 aliphatic rings. The molecule has 1 amide bonds. The van der Waals surface area contributed by atoms with Gasteiger partial charge in [0.05, 0.1) is 0 Å². The Bertz CT molecular complexity index is 670. The summed E-state index contributed by atoms with van der Waals surface area (Å²) in [4.78, 5) is 18.9. The summed E-state index contributed by atoms with van der Waals surface area (Å²) in [6.07, 6.45) is 11.2. The highest BCUT2D eigenvalue weighted by atomic mass is 16.2. The lowest BCUT2D eigenvalue weighted by atomic mass is 10.00. The summed E-state index contributed by atoms with van der Waals surface area (Å²) in [6.45, 7) is 5.81. The summed E-state index contributed by atoms with van der Waals surface area (Å²) in [5, 5.41) is 4.33. The van der Waals surface area contributed by atoms with Crippen LogP contribution in [0.3, 0.4) is 0 Å². The SMILES string of the molecule is C=CC[C@@H]1CC=C[C@@H](C)N1C(=O)c1cc2ncccn2n1. The third kappa shape index (κ3) is 2.46. The summed E-state index contributed by atoms with van der Waals surface area (Å²) in [5.41, 5.74) is 1.12. The van der Waals surface area contributed by atoms with Crippen LogP contribution >= 0.6 is 0 Å². The highest BCUT2D eigenvalue weighted by molar-refractivity contribution is 5.94. The van der Waals surface area contributed by atoms with Crippen LogP contribution in [-0.2, 0) is 0 Å². The standard InChI is InChI=1S/C16H18N4O/c1-3-6-13-8-4-7-12(2)20(13)16(21)14-11-15-17-9-5-10-19(15)18-14/h3-5,7,9-13H,1,6,8H2,2H3/t12-,13-/m1/s1. The molecule has 0 radical (unpaired) electrons. The normalized spacial score (nSPS) is 21.7. The predicted octanol–water partition coefficient (Wildman–Crippen LogP) is 2.46. The summed E-state index contributed by atoms with van der Waals surface area (Å²) < 4.78 is 1.63. The van der Waals surface area contributed by atoms with E-state index in [1.165, 1.54) is 0 Å². The zero-order valence-electron chi connectivity index (χ0n) is 12.0. The molecule has 0 N–H and O–H groups in total. The van der Waals surface area contributed by atoms with Gasteiger partial charge in [-0.1, -0.05) is 18.2 Å². The number of rotatable bonds is 3. The van der Waals surface area contributed by atoms with E-state index in [9.17, 15) is 4.79 Å². The van der Waals surface area contributed by atoms with Crippen molar-refractivity contribution in [3.63, 3.8) is 0 Å². The first kappa shape index (κ1) is 13.5. The van der Waals surface area contributed by atoms with Crippen LogP contribution in [0.5, 0.6) is 0 Å². The van der Waals surface area contributed by atoms with E-state index in [0.717, 1.165) is 12.8 Å². The first-order chi connectivity index (χ1) is 10.2. The molecular weight excluding hydrogens is 264 g/mol. The van der Waals surface area contributed by atoms with Gasteiger partial charge in [0.1, 0.15) is 0 Å². The lowest BCUT2D eigenvalue weighted by molar-refractivity contribution is 0.0615. The molecule has 2 aromatic heterocycles. The third-order valence-electron chi connectivity index (χ3n) is 3.78. The molecule has 0 bridgehead atoms. The zero-order chi connectivity index (χ0) is 14.8. The second-order valence-corrected chi connectivity index (χ2v) is 5.25. The van der Waals surface area contributed by atoms with Crippen LogP contribution in [0.4, 0.5) is 0 Å². The van der Waals surface area contributed by atoms with E-state index in [4.69, 9.17) is 0 Å². The number of carbonyl (C=O) groups excluding carboxylic acids is 1. The Morgan fingerprint density at radius 3 is 3.19 bits per heavy atom. The number of hydrogen-bond acceptors (Lipinski definition) is 3. The first-order valence-electron chi connectivity index (χ1n) is 7.11. The smallest absolute Gasteiger partial charge is 0.275 e. The van der Waals surface area contributed by atoms with Crippen molar-refractivity contribution in [3.8, 4) is 0 Å². The fourth-order valence-corrected chi connectivity index (χ4v) is 2.79. The summed E-state index contributed by atoms with van der Waals surface area (Å²) >= 11 is 0. The minimum atomic E-state index is -0.0517. The molecule has 108 valence electrons. The maximum absolute atomic E-state index is 12.8. The van der Waals surface area contributed by atoms with Crippen molar-refractivity contribution in [1.82, 2.24) is 19.5 Å². The largest absolute Gasteiger partial charge is 0.327 e. The van der Waals surface area contributed by atoms with E-state index in [0.29, 0.717) is 11.3 Å². The van der Waals surface area contributed by atoms with Crippen molar-refractivity contribution in [2.24, 2.45) is 0 Å². The molecule has 0 saturated heterocycles. The topological polar surface area (TPSA) is 50.5 Å². The number of carbonyl (C=O) groups is 1. The maximum Gasteiger partial charge on any atom is 0.275 e. The van der Waals surface area contributed by atoms with E-state index in [2.05, 4.69) is 28.8 Å². The third-order valence-corrected chi connectivity index (χ3v) is 3.78. The molecule has 5 heteroatoms. The van der Waals surface area contributed by atoms with Gasteiger partial charge >= 0.3 is 0 Å². The molecule has 0 spiro atoms. The van der Waals surface area contributed by atoms with Gasteiger partial charge in [0.25, 0.3) is 5.91 Å². The van der Waals surface area contributed by atoms with Gasteiger partial charge in [-0.15, -0.1) is 6.58 Å². The summed E-state index contributed by atoms with van der Waals surface area (Å²) in [7, 11) is 0. The van der Waals surface area contributed by atoms with Gasteiger partial charge in [0.2, 0.25) is 0 Å². The Hall–Kier alpha value is -2.43. The Balaban J connectivity index is 1.94. The Morgan fingerprint density at radius 1 is 1.57 bits per heavy atom. The minimum Gasteiger partial charge on any atom is -0.327 e. The molecule has 0 aromatic carbocycles. The van der Waals surface area contributed by atoms with Gasteiger partial charge in [-0.3, -0.25) is 4.79 Å². The zero-order valence-corrected chi connectivity index (χ0v) is 12.0. The van der Waals surface area contributed by atoms with Crippen LogP contribution in [-0.4, -0.2) is 37.5 Å². The molecule has 2 aromatic rings. The highest BCUT2D eigenvalue weighted by Gasteiger charge is 2.30. The Morgan fingerprint density at radius 2 is 2.43 bits per heavy atom. The van der Waals surface area contributed by atoms with Gasteiger partial charge in [-0.25, -0.2) is 9.50 Å². The Kier molecular flexibility index (Phi) is 3.56. The van der Waals surface area contributed by atoms with Crippen LogP contribution in [0.15, 0.2) is 49.3 Å². The van der Waals surface area contributed by atoms with E-state index in [1.807, 2.05) is 17.9 Å². The molecule has 5 nitrogen and oxygen atoms in total. The fraction of sp³-hybridized carbons (Fsp3) is 0.312. The lowest BCUT2D eigenvalue weighted by Crippen LogP contribution is -2.47. The van der Waals surface area contributed by atoms with E-state index < -0.39 is 0 Å². The maximum atomic E-state index is 12.8. The number of nitrogens with zero attached hydrogens (tertiary/aromatic N) is 4. The van der Waals surface area contributed by atoms with Crippen molar-refractivity contribution in [2.45, 2.75) is 31.8 Å². The molecular formula is C16H18N4O. The van der Waals surface area contributed by atoms with Gasteiger partial charge in [0, 0.05) is 30.5 Å². The van der Waals surface area contributed by atoms with E-state index >= 15 is 0 Å². The molecule has 2 atom stereocenters. The van der Waals surface area contributed by atoms with Crippen LogP contribution in [0.2, 0.25) is 0 Å². The number of aromatic nitrogens is 3. The van der Waals surface area contributed by atoms with Crippen molar-refractivity contribution >= 4 is 11.6 Å². The molecule has 21 heavy (non-hydrogen) atoms. The van der Waals surface area contributed by atoms with Crippen molar-refractivity contribution in [3.05, 3.63) is 55.0 Å². The molecule has 3 heterocycles. The fourth-order valence-electron chi connectivity index (χ4n) is 2.79. The second-order valence-electron chi connectivity index (χ2n) is 5.25. The molecule has 0 unspecified atom stereocenters. The van der Waals surface area contributed by atoms with E-state index in [-0.39, 0.29) is 18.0 Å². The number of fused-ring (bicyclic) bond motifs is 1. The highest BCUT2D eigenvalue weighted by Crippen LogP contribution is 2.22. The average molecular weight is 282 g/mol. The van der Waals surface area contributed by atoms with Crippen molar-refractivity contribution in [2.75, 3.05) is 0 Å². The van der Waals surface area contributed by atoms with Crippen LogP contribution < -0.4 is 0 Å². The van der Waals surface area contributed by atoms with Crippen LogP contribution in [0.1, 0.15) is 30.3 Å². The summed E-state index contributed by atoms with van der Waals surface area (Å²) in [6, 6.07) is 3.74. The molecule has 3 rings (SSSR count). The quantitative estimate of drug-likeness (QED) is 0.813.